The van der Waals surface area contributed by atoms with Crippen LogP contribution in [0.1, 0.15) is 42.5 Å². The molecule has 0 radical (unpaired) electrons. The highest BCUT2D eigenvalue weighted by Gasteiger charge is 2.10. The molecule has 0 bridgehead atoms. The van der Waals surface area contributed by atoms with Gasteiger partial charge in [-0.2, -0.15) is 0 Å². The van der Waals surface area contributed by atoms with E-state index in [4.69, 9.17) is 16.3 Å². The molecule has 0 amide bonds. The zero-order chi connectivity index (χ0) is 19.1. The maximum absolute atomic E-state index is 11.7. The summed E-state index contributed by atoms with van der Waals surface area (Å²) in [5, 5.41) is 6.95. The number of allylic oxidation sites excluding steroid dienone is 1. The normalized spacial score (nSPS) is 13.6. The summed E-state index contributed by atoms with van der Waals surface area (Å²) >= 11 is 6.22. The quantitative estimate of drug-likeness (QED) is 0.517. The second-order valence-electron chi connectivity index (χ2n) is 6.38. The van der Waals surface area contributed by atoms with Crippen molar-refractivity contribution >= 4 is 34.9 Å². The minimum atomic E-state index is -0.420. The third-order valence-electron chi connectivity index (χ3n) is 4.45. The van der Waals surface area contributed by atoms with Crippen molar-refractivity contribution in [2.24, 2.45) is 0 Å². The first-order valence-electron chi connectivity index (χ1n) is 9.04. The lowest BCUT2D eigenvalue weighted by Gasteiger charge is -2.13. The Balaban J connectivity index is 1.63. The minimum Gasteiger partial charge on any atom is -0.465 e. The minimum absolute atomic E-state index is 0.414. The molecule has 27 heavy (non-hydrogen) atoms. The average molecular weight is 387 g/mol. The molecule has 2 aromatic rings. The van der Waals surface area contributed by atoms with Gasteiger partial charge < -0.3 is 15.4 Å². The van der Waals surface area contributed by atoms with E-state index in [-0.39, 0.29) is 0 Å². The fraction of sp³-hybridized carbons (Fsp3) is 0.350. The number of carbonyl (C=O) groups excluding carboxylic acids is 1. The largest absolute Gasteiger partial charge is 0.465 e. The molecular weight excluding hydrogens is 364 g/mol. The monoisotopic (exact) mass is 386 g/mol. The number of hydrogen-bond acceptors (Lipinski definition) is 6. The van der Waals surface area contributed by atoms with Gasteiger partial charge in [0.15, 0.2) is 0 Å². The SMILES string of the molecule is COC(=O)c1ccc(Cl)c(Nc2cc(NCCC3=CCCCC3)ncn2)c1. The second-order valence-corrected chi connectivity index (χ2v) is 6.79. The zero-order valence-corrected chi connectivity index (χ0v) is 16.1. The fourth-order valence-electron chi connectivity index (χ4n) is 3.01. The van der Waals surface area contributed by atoms with Gasteiger partial charge in [-0.05, 0) is 50.3 Å². The Kier molecular flexibility index (Phi) is 6.65. The molecule has 0 saturated carbocycles. The number of nitrogens with zero attached hydrogens (tertiary/aromatic N) is 2. The summed E-state index contributed by atoms with van der Waals surface area (Å²) in [5.41, 5.74) is 2.52. The van der Waals surface area contributed by atoms with Crippen LogP contribution < -0.4 is 10.6 Å². The van der Waals surface area contributed by atoms with Crippen molar-refractivity contribution in [1.82, 2.24) is 9.97 Å². The van der Waals surface area contributed by atoms with Crippen molar-refractivity contribution in [2.75, 3.05) is 24.3 Å². The molecule has 1 heterocycles. The summed E-state index contributed by atoms with van der Waals surface area (Å²) in [6.07, 6.45) is 9.86. The molecule has 0 spiro atoms. The van der Waals surface area contributed by atoms with E-state index in [1.54, 1.807) is 18.2 Å². The first kappa shape index (κ1) is 19.2. The molecule has 0 unspecified atom stereocenters. The van der Waals surface area contributed by atoms with Crippen molar-refractivity contribution in [2.45, 2.75) is 32.1 Å². The molecule has 0 atom stereocenters. The first-order chi connectivity index (χ1) is 13.2. The van der Waals surface area contributed by atoms with Crippen molar-refractivity contribution in [3.63, 3.8) is 0 Å². The van der Waals surface area contributed by atoms with Crippen molar-refractivity contribution in [3.05, 3.63) is 52.8 Å². The molecule has 2 N–H and O–H groups in total. The predicted molar refractivity (Wildman–Crippen MR) is 108 cm³/mol. The van der Waals surface area contributed by atoms with E-state index in [9.17, 15) is 4.79 Å². The average Bonchev–Trinajstić information content (AvgIpc) is 2.70. The highest BCUT2D eigenvalue weighted by atomic mass is 35.5. The van der Waals surface area contributed by atoms with Crippen molar-refractivity contribution in [1.29, 1.82) is 0 Å². The lowest BCUT2D eigenvalue weighted by Crippen LogP contribution is -2.07. The highest BCUT2D eigenvalue weighted by Crippen LogP contribution is 2.27. The van der Waals surface area contributed by atoms with Gasteiger partial charge in [-0.25, -0.2) is 14.8 Å². The van der Waals surface area contributed by atoms with Crippen LogP contribution in [0.2, 0.25) is 5.02 Å². The second kappa shape index (κ2) is 9.37. The van der Waals surface area contributed by atoms with Gasteiger partial charge >= 0.3 is 5.97 Å². The molecule has 0 fully saturated rings. The van der Waals surface area contributed by atoms with E-state index in [0.29, 0.717) is 22.1 Å². The van der Waals surface area contributed by atoms with Crippen LogP contribution in [0.4, 0.5) is 17.3 Å². The number of anilines is 3. The lowest BCUT2D eigenvalue weighted by atomic mass is 9.97. The predicted octanol–water partition coefficient (Wildman–Crippen LogP) is 4.96. The van der Waals surface area contributed by atoms with Gasteiger partial charge in [-0.15, -0.1) is 0 Å². The molecular formula is C20H23ClN4O2. The molecule has 0 aliphatic heterocycles. The zero-order valence-electron chi connectivity index (χ0n) is 15.3. The van der Waals surface area contributed by atoms with Crippen LogP contribution in [0.25, 0.3) is 0 Å². The lowest BCUT2D eigenvalue weighted by molar-refractivity contribution is 0.0601. The topological polar surface area (TPSA) is 76.1 Å². The summed E-state index contributed by atoms with van der Waals surface area (Å²) < 4.78 is 4.74. The van der Waals surface area contributed by atoms with Crippen LogP contribution in [0.5, 0.6) is 0 Å². The summed E-state index contributed by atoms with van der Waals surface area (Å²) in [7, 11) is 1.34. The Morgan fingerprint density at radius 3 is 2.85 bits per heavy atom. The number of carbonyl (C=O) groups is 1. The summed E-state index contributed by atoms with van der Waals surface area (Å²) in [4.78, 5) is 20.2. The van der Waals surface area contributed by atoms with E-state index in [2.05, 4.69) is 26.7 Å². The Hall–Kier alpha value is -2.60. The third kappa shape index (κ3) is 5.44. The Morgan fingerprint density at radius 2 is 2.07 bits per heavy atom. The molecule has 0 saturated heterocycles. The van der Waals surface area contributed by atoms with Gasteiger partial charge in [0.25, 0.3) is 0 Å². The molecule has 1 aromatic carbocycles. The number of esters is 1. The number of hydrogen-bond donors (Lipinski definition) is 2. The highest BCUT2D eigenvalue weighted by molar-refractivity contribution is 6.33. The Labute approximate surface area is 164 Å². The van der Waals surface area contributed by atoms with Crippen LogP contribution in [-0.4, -0.2) is 29.6 Å². The summed E-state index contributed by atoms with van der Waals surface area (Å²) in [6.45, 7) is 0.834. The van der Waals surface area contributed by atoms with Gasteiger partial charge in [-0.1, -0.05) is 23.3 Å². The number of benzene rings is 1. The molecule has 6 nitrogen and oxygen atoms in total. The van der Waals surface area contributed by atoms with Gasteiger partial charge in [0, 0.05) is 12.6 Å². The number of nitrogens with one attached hydrogen (secondary N) is 2. The Bertz CT molecular complexity index is 838. The third-order valence-corrected chi connectivity index (χ3v) is 4.78. The van der Waals surface area contributed by atoms with Crippen LogP contribution in [0, 0.1) is 0 Å². The molecule has 1 aliphatic rings. The van der Waals surface area contributed by atoms with E-state index in [0.717, 1.165) is 18.8 Å². The van der Waals surface area contributed by atoms with Crippen LogP contribution >= 0.6 is 11.6 Å². The van der Waals surface area contributed by atoms with Crippen LogP contribution in [-0.2, 0) is 4.74 Å². The number of aromatic nitrogens is 2. The smallest absolute Gasteiger partial charge is 0.337 e. The van der Waals surface area contributed by atoms with Crippen LogP contribution in [0.15, 0.2) is 42.2 Å². The van der Waals surface area contributed by atoms with Crippen molar-refractivity contribution < 1.29 is 9.53 Å². The number of halogens is 1. The number of methoxy groups -OCH3 is 1. The van der Waals surface area contributed by atoms with Gasteiger partial charge in [0.1, 0.15) is 18.0 Å². The van der Waals surface area contributed by atoms with E-state index in [1.807, 2.05) is 6.07 Å². The number of rotatable bonds is 7. The number of ether oxygens (including phenoxy) is 1. The maximum Gasteiger partial charge on any atom is 0.337 e. The Morgan fingerprint density at radius 1 is 1.22 bits per heavy atom. The van der Waals surface area contributed by atoms with Gasteiger partial charge in [0.2, 0.25) is 0 Å². The van der Waals surface area contributed by atoms with Gasteiger partial charge in [0.05, 0.1) is 23.4 Å². The van der Waals surface area contributed by atoms with Crippen LogP contribution in [0.3, 0.4) is 0 Å². The van der Waals surface area contributed by atoms with Gasteiger partial charge in [-0.3, -0.25) is 0 Å². The van der Waals surface area contributed by atoms with E-state index < -0.39 is 5.97 Å². The first-order valence-corrected chi connectivity index (χ1v) is 9.42. The maximum atomic E-state index is 11.7. The standard InChI is InChI=1S/C20H23ClN4O2/c1-27-20(26)15-7-8-16(21)17(11-15)25-19-12-18(23-13-24-19)22-10-9-14-5-3-2-4-6-14/h5,7-8,11-13H,2-4,6,9-10H2,1H3,(H2,22,23,24,25). The molecule has 1 aliphatic carbocycles. The molecule has 7 heteroatoms. The van der Waals surface area contributed by atoms with Crippen molar-refractivity contribution in [3.8, 4) is 0 Å². The fourth-order valence-corrected chi connectivity index (χ4v) is 3.17. The molecule has 142 valence electrons. The van der Waals surface area contributed by atoms with E-state index >= 15 is 0 Å². The molecule has 3 rings (SSSR count). The van der Waals surface area contributed by atoms with E-state index in [1.165, 1.54) is 44.7 Å². The molecule has 1 aromatic heterocycles. The summed E-state index contributed by atoms with van der Waals surface area (Å²) in [6, 6.07) is 6.72. The summed E-state index contributed by atoms with van der Waals surface area (Å²) in [5.74, 6) is 0.911.